The number of halogens is 1. The lowest BCUT2D eigenvalue weighted by Gasteiger charge is -2.08. The number of aromatic nitrogens is 1. The number of pyridine rings is 1. The van der Waals surface area contributed by atoms with Gasteiger partial charge in [0.25, 0.3) is 5.91 Å². The summed E-state index contributed by atoms with van der Waals surface area (Å²) in [5, 5.41) is 13.6. The fourth-order valence-corrected chi connectivity index (χ4v) is 2.08. The number of para-hydroxylation sites is 1. The number of hydrogen-bond donors (Lipinski definition) is 1. The van der Waals surface area contributed by atoms with Gasteiger partial charge in [-0.2, -0.15) is 0 Å². The third-order valence-corrected chi connectivity index (χ3v) is 3.31. The molecule has 2 aromatic rings. The number of amides is 1. The zero-order valence-corrected chi connectivity index (χ0v) is 11.9. The number of carbonyl (C=O) groups excluding carboxylic acids is 1. The molecule has 1 aromatic carbocycles. The monoisotopic (exact) mass is 305 g/mol. The molecule has 0 spiro atoms. The van der Waals surface area contributed by atoms with Crippen molar-refractivity contribution in [3.05, 3.63) is 68.5 Å². The van der Waals surface area contributed by atoms with E-state index in [-0.39, 0.29) is 22.8 Å². The second kappa shape index (κ2) is 6.32. The lowest BCUT2D eigenvalue weighted by atomic mass is 10.1. The summed E-state index contributed by atoms with van der Waals surface area (Å²) < 4.78 is 0. The molecule has 6 nitrogen and oxygen atoms in total. The van der Waals surface area contributed by atoms with Crippen LogP contribution >= 0.6 is 11.6 Å². The first-order chi connectivity index (χ1) is 10.0. The number of carbonyl (C=O) groups is 1. The first-order valence-corrected chi connectivity index (χ1v) is 6.49. The molecule has 1 heterocycles. The van der Waals surface area contributed by atoms with Crippen molar-refractivity contribution in [3.63, 3.8) is 0 Å². The van der Waals surface area contributed by atoms with Gasteiger partial charge in [0, 0.05) is 18.9 Å². The number of nitrogens with one attached hydrogen (secondary N) is 1. The first-order valence-electron chi connectivity index (χ1n) is 6.11. The van der Waals surface area contributed by atoms with Crippen molar-refractivity contribution >= 4 is 23.2 Å². The zero-order chi connectivity index (χ0) is 15.4. The highest BCUT2D eigenvalue weighted by atomic mass is 35.5. The van der Waals surface area contributed by atoms with E-state index < -0.39 is 10.8 Å². The Labute approximate surface area is 125 Å². The predicted molar refractivity (Wildman–Crippen MR) is 78.3 cm³/mol. The Morgan fingerprint density at radius 2 is 2.19 bits per heavy atom. The Morgan fingerprint density at radius 1 is 1.43 bits per heavy atom. The molecule has 0 saturated heterocycles. The molecule has 0 atom stereocenters. The van der Waals surface area contributed by atoms with Crippen molar-refractivity contribution in [1.29, 1.82) is 0 Å². The lowest BCUT2D eigenvalue weighted by molar-refractivity contribution is -0.385. The molecular weight excluding hydrogens is 294 g/mol. The molecule has 108 valence electrons. The van der Waals surface area contributed by atoms with Crippen molar-refractivity contribution in [2.75, 3.05) is 0 Å². The van der Waals surface area contributed by atoms with Crippen LogP contribution in [0.1, 0.15) is 21.5 Å². The maximum absolute atomic E-state index is 12.1. The summed E-state index contributed by atoms with van der Waals surface area (Å²) in [5.41, 5.74) is 1.37. The number of nitrogens with zero attached hydrogens (tertiary/aromatic N) is 2. The highest BCUT2D eigenvalue weighted by Gasteiger charge is 2.23. The predicted octanol–water partition coefficient (Wildman–Crippen LogP) is 2.88. The number of aryl methyl sites for hydroxylation is 1. The molecule has 0 aliphatic heterocycles. The second-order valence-electron chi connectivity index (χ2n) is 4.38. The van der Waals surface area contributed by atoms with Gasteiger partial charge in [-0.15, -0.1) is 0 Å². The average molecular weight is 306 g/mol. The van der Waals surface area contributed by atoms with E-state index in [2.05, 4.69) is 10.3 Å². The van der Waals surface area contributed by atoms with Crippen LogP contribution in [0.25, 0.3) is 0 Å². The highest BCUT2D eigenvalue weighted by molar-refractivity contribution is 6.33. The molecule has 21 heavy (non-hydrogen) atoms. The molecule has 1 amide bonds. The van der Waals surface area contributed by atoms with E-state index >= 15 is 0 Å². The highest BCUT2D eigenvalue weighted by Crippen LogP contribution is 2.28. The summed E-state index contributed by atoms with van der Waals surface area (Å²) >= 11 is 5.78. The minimum absolute atomic E-state index is 0.0611. The maximum atomic E-state index is 12.1. The Hall–Kier alpha value is -2.47. The Bertz CT molecular complexity index is 704. The largest absolute Gasteiger partial charge is 0.348 e. The van der Waals surface area contributed by atoms with Gasteiger partial charge in [-0.25, -0.2) is 0 Å². The Morgan fingerprint density at radius 3 is 2.86 bits per heavy atom. The molecule has 0 radical (unpaired) electrons. The molecule has 0 fully saturated rings. The summed E-state index contributed by atoms with van der Waals surface area (Å²) in [6.45, 7) is 2.13. The van der Waals surface area contributed by atoms with Crippen LogP contribution in [0.2, 0.25) is 5.02 Å². The molecule has 1 aromatic heterocycles. The van der Waals surface area contributed by atoms with Crippen molar-refractivity contribution in [3.8, 4) is 0 Å². The van der Waals surface area contributed by atoms with Gasteiger partial charge in [0.15, 0.2) is 0 Å². The Kier molecular flexibility index (Phi) is 4.49. The van der Waals surface area contributed by atoms with Crippen molar-refractivity contribution in [2.45, 2.75) is 13.5 Å². The quantitative estimate of drug-likeness (QED) is 0.695. The van der Waals surface area contributed by atoms with E-state index in [1.165, 1.54) is 18.2 Å². The van der Waals surface area contributed by atoms with Crippen LogP contribution in [-0.2, 0) is 6.54 Å². The van der Waals surface area contributed by atoms with Crippen LogP contribution in [0, 0.1) is 17.0 Å². The van der Waals surface area contributed by atoms with Crippen molar-refractivity contribution in [1.82, 2.24) is 10.3 Å². The molecule has 7 heteroatoms. The second-order valence-corrected chi connectivity index (χ2v) is 4.79. The number of hydrogen-bond acceptors (Lipinski definition) is 4. The van der Waals surface area contributed by atoms with E-state index in [1.54, 1.807) is 12.4 Å². The van der Waals surface area contributed by atoms with E-state index in [9.17, 15) is 14.9 Å². The van der Waals surface area contributed by atoms with Crippen LogP contribution in [0.3, 0.4) is 0 Å². The number of rotatable bonds is 4. The van der Waals surface area contributed by atoms with Crippen LogP contribution < -0.4 is 5.32 Å². The average Bonchev–Trinajstić information content (AvgIpc) is 2.45. The van der Waals surface area contributed by atoms with Gasteiger partial charge in [-0.3, -0.25) is 19.9 Å². The summed E-state index contributed by atoms with van der Waals surface area (Å²) in [6, 6.07) is 6.07. The van der Waals surface area contributed by atoms with Crippen LogP contribution in [0.5, 0.6) is 0 Å². The van der Waals surface area contributed by atoms with Gasteiger partial charge in [-0.05, 0) is 36.2 Å². The molecular formula is C14H12ClN3O3. The van der Waals surface area contributed by atoms with Gasteiger partial charge in [0.05, 0.1) is 4.92 Å². The molecule has 0 unspecified atom stereocenters. The van der Waals surface area contributed by atoms with Gasteiger partial charge >= 0.3 is 5.69 Å². The summed E-state index contributed by atoms with van der Waals surface area (Å²) in [5.74, 6) is -0.549. The van der Waals surface area contributed by atoms with Crippen LogP contribution in [0.4, 0.5) is 5.69 Å². The normalized spacial score (nSPS) is 10.2. The molecule has 1 N–H and O–H groups in total. The molecule has 0 saturated carbocycles. The molecule has 0 aliphatic rings. The van der Waals surface area contributed by atoms with Gasteiger partial charge in [0.1, 0.15) is 10.6 Å². The third kappa shape index (κ3) is 3.35. The zero-order valence-electron chi connectivity index (χ0n) is 11.2. The Balaban J connectivity index is 2.20. The number of nitro benzene ring substituents is 1. The third-order valence-electron chi connectivity index (χ3n) is 3.00. The topological polar surface area (TPSA) is 85.1 Å². The van der Waals surface area contributed by atoms with Gasteiger partial charge in [-0.1, -0.05) is 17.7 Å². The number of benzene rings is 1. The first kappa shape index (κ1) is 14.9. The molecule has 0 aliphatic carbocycles. The number of nitro groups is 1. The fraction of sp³-hybridized carbons (Fsp3) is 0.143. The standard InChI is InChI=1S/C14H12ClN3O3/c1-9-5-6-16-7-10(9)8-17-14(19)11-3-2-4-12(15)13(11)18(20)21/h2-7H,8H2,1H3,(H,17,19). The van der Waals surface area contributed by atoms with Crippen LogP contribution in [-0.4, -0.2) is 15.8 Å². The smallest absolute Gasteiger partial charge is 0.300 e. The van der Waals surface area contributed by atoms with Crippen molar-refractivity contribution in [2.24, 2.45) is 0 Å². The maximum Gasteiger partial charge on any atom is 0.300 e. The fourth-order valence-electron chi connectivity index (χ4n) is 1.84. The summed E-state index contributed by atoms with van der Waals surface area (Å²) in [4.78, 5) is 26.4. The van der Waals surface area contributed by atoms with E-state index in [1.807, 2.05) is 13.0 Å². The summed E-state index contributed by atoms with van der Waals surface area (Å²) in [7, 11) is 0. The molecule has 2 rings (SSSR count). The van der Waals surface area contributed by atoms with E-state index in [0.717, 1.165) is 11.1 Å². The van der Waals surface area contributed by atoms with E-state index in [4.69, 9.17) is 11.6 Å². The van der Waals surface area contributed by atoms with Crippen molar-refractivity contribution < 1.29 is 9.72 Å². The SMILES string of the molecule is Cc1ccncc1CNC(=O)c1cccc(Cl)c1[N+](=O)[O-]. The van der Waals surface area contributed by atoms with Gasteiger partial charge < -0.3 is 5.32 Å². The van der Waals surface area contributed by atoms with E-state index in [0.29, 0.717) is 0 Å². The van der Waals surface area contributed by atoms with Gasteiger partial charge in [0.2, 0.25) is 0 Å². The minimum atomic E-state index is -0.660. The summed E-state index contributed by atoms with van der Waals surface area (Å²) in [6.07, 6.45) is 3.30. The molecule has 0 bridgehead atoms. The minimum Gasteiger partial charge on any atom is -0.348 e. The van der Waals surface area contributed by atoms with Crippen LogP contribution in [0.15, 0.2) is 36.7 Å². The lowest BCUT2D eigenvalue weighted by Crippen LogP contribution is -2.24.